The Kier molecular flexibility index (Phi) is 6.14. The van der Waals surface area contributed by atoms with Crippen molar-refractivity contribution in [3.05, 3.63) is 58.1 Å². The summed E-state index contributed by atoms with van der Waals surface area (Å²) in [6.45, 7) is 3.69. The second-order valence-corrected chi connectivity index (χ2v) is 7.18. The first-order chi connectivity index (χ1) is 12.6. The van der Waals surface area contributed by atoms with Gasteiger partial charge in [0.25, 0.3) is 5.91 Å². The maximum absolute atomic E-state index is 12.0. The summed E-state index contributed by atoms with van der Waals surface area (Å²) in [5, 5.41) is 2.64. The molecule has 1 aromatic carbocycles. The Morgan fingerprint density at radius 3 is 2.62 bits per heavy atom. The van der Waals surface area contributed by atoms with Crippen molar-refractivity contribution in [3.63, 3.8) is 0 Å². The molecule has 0 saturated heterocycles. The van der Waals surface area contributed by atoms with Crippen molar-refractivity contribution in [1.29, 1.82) is 0 Å². The van der Waals surface area contributed by atoms with Crippen LogP contribution in [0.2, 0.25) is 0 Å². The van der Waals surface area contributed by atoms with E-state index in [-0.39, 0.29) is 24.8 Å². The van der Waals surface area contributed by atoms with Crippen LogP contribution in [0.1, 0.15) is 22.7 Å². The molecule has 1 aliphatic heterocycles. The van der Waals surface area contributed by atoms with Crippen LogP contribution in [0.15, 0.2) is 41.8 Å². The van der Waals surface area contributed by atoms with Crippen LogP contribution < -0.4 is 10.9 Å². The highest BCUT2D eigenvalue weighted by molar-refractivity contribution is 7.09. The molecule has 0 unspecified atom stereocenters. The average molecular weight is 370 g/mol. The van der Waals surface area contributed by atoms with Gasteiger partial charge in [-0.3, -0.25) is 25.3 Å². The lowest BCUT2D eigenvalue weighted by Gasteiger charge is -2.25. The standard InChI is InChI=1S/C19H22N4O2S/c1-14-13-26-19(20-14)11-17(24)21-22-18(25)12-23-9-7-16(8-10-23)15-5-3-2-4-6-15/h2-7,13H,8-12H2,1H3,(H,21,24)(H,22,25). The summed E-state index contributed by atoms with van der Waals surface area (Å²) in [6.07, 6.45) is 3.24. The fraction of sp³-hybridized carbons (Fsp3) is 0.316. The fourth-order valence-electron chi connectivity index (χ4n) is 2.82. The van der Waals surface area contributed by atoms with Crippen LogP contribution in [0, 0.1) is 6.92 Å². The van der Waals surface area contributed by atoms with E-state index in [1.165, 1.54) is 22.5 Å². The molecule has 0 aliphatic carbocycles. The Morgan fingerprint density at radius 1 is 1.19 bits per heavy atom. The number of thiazole rings is 1. The van der Waals surface area contributed by atoms with Crippen LogP contribution in [0.3, 0.4) is 0 Å². The van der Waals surface area contributed by atoms with Crippen LogP contribution >= 0.6 is 11.3 Å². The minimum atomic E-state index is -0.266. The molecule has 26 heavy (non-hydrogen) atoms. The zero-order chi connectivity index (χ0) is 18.4. The number of hydrogen-bond donors (Lipinski definition) is 2. The summed E-state index contributed by atoms with van der Waals surface area (Å²) in [7, 11) is 0. The van der Waals surface area contributed by atoms with E-state index < -0.39 is 0 Å². The number of nitrogens with zero attached hydrogens (tertiary/aromatic N) is 2. The van der Waals surface area contributed by atoms with E-state index in [1.54, 1.807) is 0 Å². The molecule has 1 aliphatic rings. The number of nitrogens with one attached hydrogen (secondary N) is 2. The molecule has 0 atom stereocenters. The van der Waals surface area contributed by atoms with E-state index in [1.807, 2.05) is 30.5 Å². The molecule has 0 spiro atoms. The SMILES string of the molecule is Cc1csc(CC(=O)NNC(=O)CN2CC=C(c3ccccc3)CC2)n1. The maximum Gasteiger partial charge on any atom is 0.252 e. The van der Waals surface area contributed by atoms with Crippen LogP contribution in [-0.4, -0.2) is 41.3 Å². The summed E-state index contributed by atoms with van der Waals surface area (Å²) in [6, 6.07) is 10.3. The number of hydrogen-bond acceptors (Lipinski definition) is 5. The fourth-order valence-corrected chi connectivity index (χ4v) is 3.59. The summed E-state index contributed by atoms with van der Waals surface area (Å²) in [5.41, 5.74) is 8.38. The van der Waals surface area contributed by atoms with Gasteiger partial charge >= 0.3 is 0 Å². The molecule has 0 radical (unpaired) electrons. The third-order valence-corrected chi connectivity index (χ3v) is 5.09. The van der Waals surface area contributed by atoms with Crippen molar-refractivity contribution >= 4 is 28.7 Å². The van der Waals surface area contributed by atoms with Crippen molar-refractivity contribution in [1.82, 2.24) is 20.7 Å². The minimum Gasteiger partial charge on any atom is -0.290 e. The normalized spacial score (nSPS) is 14.6. The van der Waals surface area contributed by atoms with E-state index in [0.717, 1.165) is 30.2 Å². The number of rotatable bonds is 5. The highest BCUT2D eigenvalue weighted by atomic mass is 32.1. The molecule has 2 aromatic rings. The minimum absolute atomic E-state index is 0.172. The monoisotopic (exact) mass is 370 g/mol. The number of carbonyl (C=O) groups excluding carboxylic acids is 2. The van der Waals surface area contributed by atoms with Crippen molar-refractivity contribution in [2.75, 3.05) is 19.6 Å². The quantitative estimate of drug-likeness (QED) is 0.789. The van der Waals surface area contributed by atoms with Gasteiger partial charge in [-0.25, -0.2) is 4.98 Å². The van der Waals surface area contributed by atoms with Gasteiger partial charge in [-0.1, -0.05) is 36.4 Å². The summed E-state index contributed by atoms with van der Waals surface area (Å²) >= 11 is 1.44. The molecule has 0 bridgehead atoms. The number of benzene rings is 1. The van der Waals surface area contributed by atoms with E-state index >= 15 is 0 Å². The van der Waals surface area contributed by atoms with Crippen LogP contribution in [-0.2, 0) is 16.0 Å². The Labute approximate surface area is 156 Å². The first-order valence-corrected chi connectivity index (χ1v) is 9.43. The second kappa shape index (κ2) is 8.73. The predicted octanol–water partition coefficient (Wildman–Crippen LogP) is 1.93. The Hall–Kier alpha value is -2.51. The van der Waals surface area contributed by atoms with E-state index in [9.17, 15) is 9.59 Å². The lowest BCUT2D eigenvalue weighted by Crippen LogP contribution is -2.47. The summed E-state index contributed by atoms with van der Waals surface area (Å²) < 4.78 is 0. The van der Waals surface area contributed by atoms with Crippen LogP contribution in [0.5, 0.6) is 0 Å². The van der Waals surface area contributed by atoms with E-state index in [4.69, 9.17) is 0 Å². The summed E-state index contributed by atoms with van der Waals surface area (Å²) in [5.74, 6) is -0.483. The smallest absolute Gasteiger partial charge is 0.252 e. The van der Waals surface area contributed by atoms with Crippen molar-refractivity contribution in [2.45, 2.75) is 19.8 Å². The lowest BCUT2D eigenvalue weighted by molar-refractivity contribution is -0.129. The molecule has 2 heterocycles. The molecule has 0 fully saturated rings. The molecule has 3 rings (SSSR count). The number of aromatic nitrogens is 1. The molecule has 6 nitrogen and oxygen atoms in total. The van der Waals surface area contributed by atoms with Gasteiger partial charge < -0.3 is 0 Å². The van der Waals surface area contributed by atoms with Gasteiger partial charge in [0, 0.05) is 24.2 Å². The number of aryl methyl sites for hydroxylation is 1. The van der Waals surface area contributed by atoms with E-state index in [0.29, 0.717) is 0 Å². The van der Waals surface area contributed by atoms with Crippen molar-refractivity contribution in [3.8, 4) is 0 Å². The van der Waals surface area contributed by atoms with Gasteiger partial charge in [0.1, 0.15) is 5.01 Å². The van der Waals surface area contributed by atoms with Crippen molar-refractivity contribution in [2.24, 2.45) is 0 Å². The molecular weight excluding hydrogens is 348 g/mol. The van der Waals surface area contributed by atoms with Gasteiger partial charge in [-0.15, -0.1) is 11.3 Å². The van der Waals surface area contributed by atoms with Crippen LogP contribution in [0.25, 0.3) is 5.57 Å². The molecule has 2 amide bonds. The molecule has 7 heteroatoms. The van der Waals surface area contributed by atoms with Gasteiger partial charge in [-0.2, -0.15) is 0 Å². The Bertz CT molecular complexity index is 801. The highest BCUT2D eigenvalue weighted by Gasteiger charge is 2.16. The molecule has 1 aromatic heterocycles. The average Bonchev–Trinajstić information content (AvgIpc) is 3.06. The Balaban J connectivity index is 1.40. The van der Waals surface area contributed by atoms with Gasteiger partial charge in [0.15, 0.2) is 0 Å². The second-order valence-electron chi connectivity index (χ2n) is 6.24. The third-order valence-electron chi connectivity index (χ3n) is 4.12. The molecular formula is C19H22N4O2S. The third kappa shape index (κ3) is 5.24. The van der Waals surface area contributed by atoms with Crippen LogP contribution in [0.4, 0.5) is 0 Å². The lowest BCUT2D eigenvalue weighted by atomic mass is 10.00. The van der Waals surface area contributed by atoms with Gasteiger partial charge in [-0.05, 0) is 24.5 Å². The largest absolute Gasteiger partial charge is 0.290 e. The topological polar surface area (TPSA) is 74.3 Å². The Morgan fingerprint density at radius 2 is 1.96 bits per heavy atom. The zero-order valence-electron chi connectivity index (χ0n) is 14.7. The molecule has 2 N–H and O–H groups in total. The van der Waals surface area contributed by atoms with Crippen molar-refractivity contribution < 1.29 is 9.59 Å². The number of carbonyl (C=O) groups is 2. The summed E-state index contributed by atoms with van der Waals surface area (Å²) in [4.78, 5) is 30.1. The maximum atomic E-state index is 12.0. The predicted molar refractivity (Wildman–Crippen MR) is 102 cm³/mol. The first-order valence-electron chi connectivity index (χ1n) is 8.55. The first kappa shape index (κ1) is 18.3. The van der Waals surface area contributed by atoms with Gasteiger partial charge in [0.05, 0.1) is 13.0 Å². The zero-order valence-corrected chi connectivity index (χ0v) is 15.5. The highest BCUT2D eigenvalue weighted by Crippen LogP contribution is 2.21. The van der Waals surface area contributed by atoms with Gasteiger partial charge in [0.2, 0.25) is 5.91 Å². The number of hydrazine groups is 1. The molecule has 0 saturated carbocycles. The molecule has 136 valence electrons. The van der Waals surface area contributed by atoms with E-state index in [2.05, 4.69) is 38.9 Å². The number of amides is 2.